The van der Waals surface area contributed by atoms with Crippen LogP contribution in [0.4, 0.5) is 28.4 Å². The maximum atomic E-state index is 14.7. The second-order valence-corrected chi connectivity index (χ2v) is 23.5. The quantitative estimate of drug-likeness (QED) is 0.0683. The summed E-state index contributed by atoms with van der Waals surface area (Å²) in [6.07, 6.45) is 11.7. The molecule has 376 valence electrons. The van der Waals surface area contributed by atoms with Crippen LogP contribution in [0.2, 0.25) is 0 Å². The zero-order valence-corrected chi connectivity index (χ0v) is 41.8. The van der Waals surface area contributed by atoms with E-state index in [0.29, 0.717) is 79.9 Å². The highest BCUT2D eigenvalue weighted by Crippen LogP contribution is 2.55. The maximum Gasteiger partial charge on any atom is 0.293 e. The van der Waals surface area contributed by atoms with E-state index in [1.54, 1.807) is 6.07 Å². The molecule has 5 aromatic rings. The number of sulfonamides is 1. The number of fused-ring (bicyclic) bond motifs is 3. The molecule has 11 rings (SSSR count). The van der Waals surface area contributed by atoms with Gasteiger partial charge in [0.15, 0.2) is 0 Å². The Kier molecular flexibility index (Phi) is 12.5. The molecule has 4 N–H and O–H groups in total. The number of nitrogens with zero attached hydrogens (tertiary/aromatic N) is 5. The van der Waals surface area contributed by atoms with Crippen molar-refractivity contribution >= 4 is 55.4 Å². The van der Waals surface area contributed by atoms with Gasteiger partial charge in [0, 0.05) is 61.7 Å². The van der Waals surface area contributed by atoms with E-state index in [-0.39, 0.29) is 28.6 Å². The van der Waals surface area contributed by atoms with Gasteiger partial charge in [0.25, 0.3) is 21.6 Å². The van der Waals surface area contributed by atoms with Crippen molar-refractivity contribution in [2.75, 3.05) is 54.5 Å². The lowest BCUT2D eigenvalue weighted by Gasteiger charge is -2.56. The lowest BCUT2D eigenvalue weighted by atomic mass is 9.59. The smallest absolute Gasteiger partial charge is 0.293 e. The SMILES string of the molecule is CC(C)c1ccccc1[C@@H]1CCCN1C1CC2(CCN(c3ccc(C(=O)NS(=O)(=O)c4ccc(NCC5CCC(C)(O)CC5)c([N+](=O)[O-])c4)c(N4c5cc6cc[nH]c6nc5O[C@H]5COCC[C@H]54)c3)CC2)C1. The predicted octanol–water partition coefficient (Wildman–Crippen LogP) is 9.34. The Morgan fingerprint density at radius 1 is 0.972 bits per heavy atom. The molecule has 71 heavy (non-hydrogen) atoms. The summed E-state index contributed by atoms with van der Waals surface area (Å²) in [5.41, 5.74) is 5.17. The molecule has 3 saturated heterocycles. The number of likely N-dealkylation sites (tertiary alicyclic amines) is 1. The first kappa shape index (κ1) is 47.6. The molecule has 1 spiro atoms. The summed E-state index contributed by atoms with van der Waals surface area (Å²) in [4.78, 5) is 41.3. The van der Waals surface area contributed by atoms with Crippen LogP contribution in [0.15, 0.2) is 83.9 Å². The number of aromatic nitrogens is 2. The van der Waals surface area contributed by atoms with Crippen molar-refractivity contribution in [2.24, 2.45) is 11.3 Å². The first-order chi connectivity index (χ1) is 34.1. The summed E-state index contributed by atoms with van der Waals surface area (Å²) in [5, 5.41) is 26.8. The largest absolute Gasteiger partial charge is 0.468 e. The van der Waals surface area contributed by atoms with Gasteiger partial charge in [0.05, 0.1) is 39.3 Å². The van der Waals surface area contributed by atoms with Gasteiger partial charge in [0.1, 0.15) is 23.1 Å². The van der Waals surface area contributed by atoms with E-state index < -0.39 is 43.1 Å². The second kappa shape index (κ2) is 18.7. The van der Waals surface area contributed by atoms with Gasteiger partial charge in [-0.1, -0.05) is 38.1 Å². The number of carbonyl (C=O) groups excluding carboxylic acids is 1. The number of aromatic amines is 1. The summed E-state index contributed by atoms with van der Waals surface area (Å²) in [5.74, 6) is 0.194. The van der Waals surface area contributed by atoms with Crippen molar-refractivity contribution in [3.05, 3.63) is 106 Å². The third-order valence-electron chi connectivity index (χ3n) is 16.8. The van der Waals surface area contributed by atoms with Crippen molar-refractivity contribution in [1.29, 1.82) is 0 Å². The maximum absolute atomic E-state index is 14.7. The number of aliphatic hydroxyl groups is 1. The molecule has 2 aromatic heterocycles. The van der Waals surface area contributed by atoms with Crippen LogP contribution in [0, 0.1) is 21.4 Å². The number of H-pyrrole nitrogens is 1. The summed E-state index contributed by atoms with van der Waals surface area (Å²) >= 11 is 0. The minimum absolute atomic E-state index is 0.123. The van der Waals surface area contributed by atoms with Crippen LogP contribution in [-0.4, -0.2) is 102 Å². The second-order valence-electron chi connectivity index (χ2n) is 21.8. The lowest BCUT2D eigenvalue weighted by molar-refractivity contribution is -0.384. The monoisotopic (exact) mass is 986 g/mol. The van der Waals surface area contributed by atoms with Gasteiger partial charge < -0.3 is 34.7 Å². The van der Waals surface area contributed by atoms with E-state index in [0.717, 1.165) is 62.5 Å². The normalized spacial score (nSPS) is 25.6. The number of nitrogens with one attached hydrogen (secondary N) is 3. The summed E-state index contributed by atoms with van der Waals surface area (Å²) in [6.45, 7) is 10.5. The number of nitro groups is 1. The number of hydrogen-bond acceptors (Lipinski definition) is 13. The summed E-state index contributed by atoms with van der Waals surface area (Å²) < 4.78 is 43.1. The van der Waals surface area contributed by atoms with Gasteiger partial charge in [0.2, 0.25) is 5.88 Å². The lowest BCUT2D eigenvalue weighted by Crippen LogP contribution is -2.55. The standard InChI is InChI=1S/C54H66N8O8S/c1-34(2)40-7-4-5-8-41(40)44-9-6-23-60(44)38-30-54(31-38)20-24-59(25-21-54)37-10-12-42(46(28-37)61-45-17-26-69-33-49(45)70-52-48(61)27-36-16-22-55-50(36)57-52)51(63)58-71(67,68)39-11-13-43(47(29-39)62(65)66)56-32-35-14-18-53(3,64)19-15-35/h4-5,7-8,10-13,16,22,27-29,34-35,38,44-45,49,56,64H,6,9,14-15,17-21,23-26,30-33H2,1-3H3,(H,55,57)(H,58,63)/t35?,44-,45+,49-,53?/m0/s1. The van der Waals surface area contributed by atoms with Crippen LogP contribution < -0.4 is 24.6 Å². The van der Waals surface area contributed by atoms with E-state index >= 15 is 0 Å². The van der Waals surface area contributed by atoms with E-state index in [2.05, 4.69) is 67.8 Å². The van der Waals surface area contributed by atoms with Gasteiger partial charge in [-0.2, -0.15) is 4.98 Å². The molecule has 17 heteroatoms. The number of ether oxygens (including phenoxy) is 2. The number of amides is 1. The summed E-state index contributed by atoms with van der Waals surface area (Å²) in [6, 6.07) is 23.0. The molecule has 2 saturated carbocycles. The highest BCUT2D eigenvalue weighted by atomic mass is 32.2. The van der Waals surface area contributed by atoms with E-state index in [1.807, 2.05) is 37.4 Å². The molecular formula is C54H66N8O8S. The van der Waals surface area contributed by atoms with Crippen molar-refractivity contribution in [3.63, 3.8) is 0 Å². The Morgan fingerprint density at radius 2 is 1.76 bits per heavy atom. The van der Waals surface area contributed by atoms with Crippen molar-refractivity contribution < 1.29 is 32.7 Å². The van der Waals surface area contributed by atoms with Gasteiger partial charge in [-0.05, 0) is 155 Å². The number of benzene rings is 3. The number of carbonyl (C=O) groups is 1. The molecule has 0 radical (unpaired) electrons. The third kappa shape index (κ3) is 9.23. The highest BCUT2D eigenvalue weighted by molar-refractivity contribution is 7.90. The molecule has 6 heterocycles. The highest BCUT2D eigenvalue weighted by Gasteiger charge is 2.50. The molecule has 6 aliphatic rings. The Labute approximate surface area is 415 Å². The van der Waals surface area contributed by atoms with Crippen LogP contribution in [-0.2, 0) is 14.8 Å². The first-order valence-electron chi connectivity index (χ1n) is 25.7. The minimum atomic E-state index is -4.61. The van der Waals surface area contributed by atoms with Crippen molar-refractivity contribution in [1.82, 2.24) is 19.6 Å². The average molecular weight is 987 g/mol. The molecule has 3 atom stereocenters. The Morgan fingerprint density at radius 3 is 2.54 bits per heavy atom. The zero-order chi connectivity index (χ0) is 49.2. The van der Waals surface area contributed by atoms with E-state index in [4.69, 9.17) is 14.5 Å². The Balaban J connectivity index is 0.863. The molecule has 0 unspecified atom stereocenters. The molecule has 3 aromatic carbocycles. The zero-order valence-electron chi connectivity index (χ0n) is 40.9. The molecule has 5 fully saturated rings. The molecule has 16 nitrogen and oxygen atoms in total. The van der Waals surface area contributed by atoms with Crippen LogP contribution in [0.1, 0.15) is 125 Å². The van der Waals surface area contributed by atoms with Crippen LogP contribution in [0.5, 0.6) is 5.88 Å². The van der Waals surface area contributed by atoms with Crippen molar-refractivity contribution in [3.8, 4) is 5.88 Å². The summed E-state index contributed by atoms with van der Waals surface area (Å²) in [7, 11) is -4.61. The van der Waals surface area contributed by atoms with Crippen LogP contribution in [0.3, 0.4) is 0 Å². The van der Waals surface area contributed by atoms with Gasteiger partial charge in [-0.3, -0.25) is 19.8 Å². The third-order valence-corrected chi connectivity index (χ3v) is 18.2. The molecule has 4 aliphatic heterocycles. The molecular weight excluding hydrogens is 921 g/mol. The molecule has 1 amide bonds. The Hall–Kier alpha value is -5.75. The van der Waals surface area contributed by atoms with Crippen LogP contribution in [0.25, 0.3) is 11.0 Å². The fourth-order valence-electron chi connectivity index (χ4n) is 12.8. The predicted molar refractivity (Wildman–Crippen MR) is 273 cm³/mol. The number of rotatable bonds is 12. The van der Waals surface area contributed by atoms with E-state index in [1.165, 1.54) is 48.9 Å². The van der Waals surface area contributed by atoms with Crippen molar-refractivity contribution in [2.45, 2.75) is 132 Å². The van der Waals surface area contributed by atoms with Gasteiger partial charge >= 0.3 is 0 Å². The molecule has 2 aliphatic carbocycles. The van der Waals surface area contributed by atoms with Gasteiger partial charge in [-0.15, -0.1) is 0 Å². The van der Waals surface area contributed by atoms with E-state index in [9.17, 15) is 28.4 Å². The fraction of sp³-hybridized carbons (Fsp3) is 0.519. The average Bonchev–Trinajstić information content (AvgIpc) is 4.03. The Bertz CT molecular complexity index is 2930. The fourth-order valence-corrected chi connectivity index (χ4v) is 13.7. The number of nitro benzene ring substituents is 1. The topological polar surface area (TPSA) is 196 Å². The number of hydrogen-bond donors (Lipinski definition) is 4. The number of pyridine rings is 1. The first-order valence-corrected chi connectivity index (χ1v) is 27.2. The number of piperidine rings is 1. The minimum Gasteiger partial charge on any atom is -0.468 e. The molecule has 0 bridgehead atoms. The van der Waals surface area contributed by atoms with Gasteiger partial charge in [-0.25, -0.2) is 13.1 Å². The van der Waals surface area contributed by atoms with Crippen LogP contribution >= 0.6 is 0 Å². The number of anilines is 4.